The van der Waals surface area contributed by atoms with Crippen molar-refractivity contribution in [1.82, 2.24) is 10.3 Å². The number of hydrogen-bond acceptors (Lipinski definition) is 3. The van der Waals surface area contributed by atoms with Gasteiger partial charge in [-0.15, -0.1) is 0 Å². The van der Waals surface area contributed by atoms with E-state index in [-0.39, 0.29) is 17.5 Å². The van der Waals surface area contributed by atoms with Crippen molar-refractivity contribution in [3.8, 4) is 6.07 Å². The molecule has 90 valence electrons. The first kappa shape index (κ1) is 12.3. The van der Waals surface area contributed by atoms with Crippen molar-refractivity contribution in [2.24, 2.45) is 0 Å². The molecule has 0 aliphatic heterocycles. The third kappa shape index (κ3) is 2.58. The molecule has 4 nitrogen and oxygen atoms in total. The number of nitriles is 1. The van der Waals surface area contributed by atoms with Gasteiger partial charge >= 0.3 is 0 Å². The first-order chi connectivity index (χ1) is 8.72. The molecule has 5 heteroatoms. The zero-order valence-electron chi connectivity index (χ0n) is 9.48. The van der Waals surface area contributed by atoms with Crippen LogP contribution in [-0.2, 0) is 0 Å². The highest BCUT2D eigenvalue weighted by atomic mass is 35.5. The van der Waals surface area contributed by atoms with Crippen LogP contribution < -0.4 is 5.32 Å². The number of amides is 1. The molecule has 0 aliphatic rings. The predicted octanol–water partition coefficient (Wildman–Crippen LogP) is 2.53. The van der Waals surface area contributed by atoms with Crippen LogP contribution in [-0.4, -0.2) is 17.4 Å². The number of nitrogens with one attached hydrogen (secondary N) is 1. The van der Waals surface area contributed by atoms with Crippen LogP contribution >= 0.6 is 11.6 Å². The third-order valence-electron chi connectivity index (χ3n) is 2.45. The van der Waals surface area contributed by atoms with Crippen LogP contribution in [0.5, 0.6) is 0 Å². The van der Waals surface area contributed by atoms with Crippen molar-refractivity contribution in [2.45, 2.75) is 6.42 Å². The average molecular weight is 260 g/mol. The summed E-state index contributed by atoms with van der Waals surface area (Å²) < 4.78 is 0. The average Bonchev–Trinajstić information content (AvgIpc) is 2.38. The maximum Gasteiger partial charge on any atom is 0.252 e. The first-order valence-corrected chi connectivity index (χ1v) is 5.80. The van der Waals surface area contributed by atoms with Gasteiger partial charge in [-0.25, -0.2) is 4.98 Å². The molecular formula is C13H10ClN3O. The van der Waals surface area contributed by atoms with E-state index in [0.717, 1.165) is 5.39 Å². The first-order valence-electron chi connectivity index (χ1n) is 5.43. The molecule has 1 aromatic heterocycles. The van der Waals surface area contributed by atoms with Gasteiger partial charge in [0.05, 0.1) is 23.6 Å². The van der Waals surface area contributed by atoms with Crippen molar-refractivity contribution >= 4 is 28.4 Å². The quantitative estimate of drug-likeness (QED) is 0.680. The maximum atomic E-state index is 12.0. The van der Waals surface area contributed by atoms with E-state index < -0.39 is 0 Å². The van der Waals surface area contributed by atoms with E-state index in [1.165, 1.54) is 6.07 Å². The van der Waals surface area contributed by atoms with E-state index in [1.54, 1.807) is 6.07 Å². The minimum absolute atomic E-state index is 0.245. The molecule has 1 N–H and O–H groups in total. The van der Waals surface area contributed by atoms with E-state index in [9.17, 15) is 4.79 Å². The maximum absolute atomic E-state index is 12.0. The number of nitrogens with zero attached hydrogens (tertiary/aromatic N) is 2. The Kier molecular flexibility index (Phi) is 3.75. The van der Waals surface area contributed by atoms with Crippen LogP contribution in [0.15, 0.2) is 30.3 Å². The molecular weight excluding hydrogens is 250 g/mol. The number of carbonyl (C=O) groups excluding carboxylic acids is 1. The van der Waals surface area contributed by atoms with Gasteiger partial charge in [0.15, 0.2) is 0 Å². The van der Waals surface area contributed by atoms with Gasteiger partial charge in [-0.3, -0.25) is 4.79 Å². The fraction of sp³-hybridized carbons (Fsp3) is 0.154. The summed E-state index contributed by atoms with van der Waals surface area (Å²) >= 11 is 5.89. The molecule has 2 aromatic rings. The van der Waals surface area contributed by atoms with E-state index in [1.807, 2.05) is 24.3 Å². The van der Waals surface area contributed by atoms with Gasteiger partial charge in [0.2, 0.25) is 0 Å². The summed E-state index contributed by atoms with van der Waals surface area (Å²) in [5, 5.41) is 12.1. The molecule has 1 amide bonds. The highest BCUT2D eigenvalue weighted by Crippen LogP contribution is 2.20. The number of para-hydroxylation sites is 1. The van der Waals surface area contributed by atoms with Gasteiger partial charge in [-0.2, -0.15) is 5.26 Å². The monoisotopic (exact) mass is 259 g/mol. The van der Waals surface area contributed by atoms with Gasteiger partial charge < -0.3 is 5.32 Å². The molecule has 0 saturated carbocycles. The zero-order chi connectivity index (χ0) is 13.0. The van der Waals surface area contributed by atoms with Gasteiger partial charge in [0.1, 0.15) is 5.15 Å². The van der Waals surface area contributed by atoms with Gasteiger partial charge in [-0.1, -0.05) is 29.8 Å². The van der Waals surface area contributed by atoms with Crippen molar-refractivity contribution in [1.29, 1.82) is 5.26 Å². The Balaban J connectivity index is 2.38. The molecule has 2 rings (SSSR count). The van der Waals surface area contributed by atoms with Crippen LogP contribution in [0.25, 0.3) is 10.9 Å². The fourth-order valence-corrected chi connectivity index (χ4v) is 1.86. The summed E-state index contributed by atoms with van der Waals surface area (Å²) in [5.74, 6) is -0.245. The van der Waals surface area contributed by atoms with E-state index in [2.05, 4.69) is 10.3 Å². The molecule has 0 bridgehead atoms. The summed E-state index contributed by atoms with van der Waals surface area (Å²) in [6.07, 6.45) is 0.280. The third-order valence-corrected chi connectivity index (χ3v) is 2.65. The van der Waals surface area contributed by atoms with Gasteiger partial charge in [-0.05, 0) is 12.1 Å². The zero-order valence-corrected chi connectivity index (χ0v) is 10.2. The summed E-state index contributed by atoms with van der Waals surface area (Å²) in [6.45, 7) is 0.323. The lowest BCUT2D eigenvalue weighted by Gasteiger charge is -2.07. The molecule has 0 aliphatic carbocycles. The number of aromatic nitrogens is 1. The lowest BCUT2D eigenvalue weighted by molar-refractivity contribution is 0.0956. The standard InChI is InChI=1S/C13H10ClN3O/c14-12-8-10(13(18)16-7-3-6-15)9-4-1-2-5-11(9)17-12/h1-2,4-5,8H,3,7H2,(H,16,18). The summed E-state index contributed by atoms with van der Waals surface area (Å²) in [4.78, 5) is 16.1. The van der Waals surface area contributed by atoms with E-state index >= 15 is 0 Å². The van der Waals surface area contributed by atoms with Crippen molar-refractivity contribution in [3.05, 3.63) is 41.0 Å². The Hall–Kier alpha value is -2.12. The molecule has 0 fully saturated rings. The molecule has 0 radical (unpaired) electrons. The highest BCUT2D eigenvalue weighted by Gasteiger charge is 2.11. The summed E-state index contributed by atoms with van der Waals surface area (Å²) in [5.41, 5.74) is 1.15. The number of benzene rings is 1. The number of carbonyl (C=O) groups is 1. The highest BCUT2D eigenvalue weighted by molar-refractivity contribution is 6.30. The minimum atomic E-state index is -0.245. The molecule has 0 unspecified atom stereocenters. The topological polar surface area (TPSA) is 65.8 Å². The van der Waals surface area contributed by atoms with Crippen LogP contribution in [0.4, 0.5) is 0 Å². The van der Waals surface area contributed by atoms with Gasteiger partial charge in [0, 0.05) is 11.9 Å². The SMILES string of the molecule is N#CCCNC(=O)c1cc(Cl)nc2ccccc12. The van der Waals surface area contributed by atoms with Crippen LogP contribution in [0, 0.1) is 11.3 Å². The van der Waals surface area contributed by atoms with Gasteiger partial charge in [0.25, 0.3) is 5.91 Å². The second-order valence-electron chi connectivity index (χ2n) is 3.67. The lowest BCUT2D eigenvalue weighted by atomic mass is 10.1. The Bertz CT molecular complexity index is 634. The Morgan fingerprint density at radius 2 is 2.22 bits per heavy atom. The minimum Gasteiger partial charge on any atom is -0.351 e. The van der Waals surface area contributed by atoms with Crippen LogP contribution in [0.1, 0.15) is 16.8 Å². The Morgan fingerprint density at radius 3 is 3.00 bits per heavy atom. The van der Waals surface area contributed by atoms with Crippen molar-refractivity contribution in [3.63, 3.8) is 0 Å². The molecule has 0 spiro atoms. The second-order valence-corrected chi connectivity index (χ2v) is 4.06. The predicted molar refractivity (Wildman–Crippen MR) is 69.3 cm³/mol. The number of halogens is 1. The molecule has 18 heavy (non-hydrogen) atoms. The van der Waals surface area contributed by atoms with Crippen molar-refractivity contribution in [2.75, 3.05) is 6.54 Å². The fourth-order valence-electron chi connectivity index (χ4n) is 1.66. The molecule has 1 heterocycles. The number of pyridine rings is 1. The molecule has 1 aromatic carbocycles. The number of rotatable bonds is 3. The Morgan fingerprint density at radius 1 is 1.44 bits per heavy atom. The number of fused-ring (bicyclic) bond motifs is 1. The number of hydrogen-bond donors (Lipinski definition) is 1. The summed E-state index contributed by atoms with van der Waals surface area (Å²) in [6, 6.07) is 10.8. The summed E-state index contributed by atoms with van der Waals surface area (Å²) in [7, 11) is 0. The largest absolute Gasteiger partial charge is 0.351 e. The van der Waals surface area contributed by atoms with Crippen LogP contribution in [0.3, 0.4) is 0 Å². The normalized spacial score (nSPS) is 10.0. The molecule has 0 atom stereocenters. The van der Waals surface area contributed by atoms with E-state index in [4.69, 9.17) is 16.9 Å². The van der Waals surface area contributed by atoms with Crippen molar-refractivity contribution < 1.29 is 4.79 Å². The van der Waals surface area contributed by atoms with Crippen LogP contribution in [0.2, 0.25) is 5.15 Å². The van der Waals surface area contributed by atoms with E-state index in [0.29, 0.717) is 17.6 Å². The lowest BCUT2D eigenvalue weighted by Crippen LogP contribution is -2.24. The second kappa shape index (κ2) is 5.48. The Labute approximate surface area is 109 Å². The molecule has 0 saturated heterocycles. The smallest absolute Gasteiger partial charge is 0.252 e.